The molecule has 0 atom stereocenters. The van der Waals surface area contributed by atoms with E-state index in [9.17, 15) is 0 Å². The second-order valence-electron chi connectivity index (χ2n) is 6.67. The zero-order valence-electron chi connectivity index (χ0n) is 16.1. The third kappa shape index (κ3) is 5.02. The highest BCUT2D eigenvalue weighted by molar-refractivity contribution is 7.99. The van der Waals surface area contributed by atoms with Crippen LogP contribution in [0.1, 0.15) is 30.7 Å². The molecule has 0 unspecified atom stereocenters. The third-order valence-corrected chi connectivity index (χ3v) is 5.73. The van der Waals surface area contributed by atoms with Gasteiger partial charge in [0, 0.05) is 31.2 Å². The number of fused-ring (bicyclic) bond motifs is 1. The number of nitrogens with two attached hydrogens (primary N) is 1. The molecule has 144 valence electrons. The van der Waals surface area contributed by atoms with Crippen LogP contribution in [0.3, 0.4) is 0 Å². The van der Waals surface area contributed by atoms with Gasteiger partial charge in [0.15, 0.2) is 5.82 Å². The molecule has 0 saturated carbocycles. The van der Waals surface area contributed by atoms with E-state index in [1.54, 1.807) is 7.11 Å². The highest BCUT2D eigenvalue weighted by Gasteiger charge is 2.15. The Labute approximate surface area is 165 Å². The number of nitrogen functional groups attached to an aromatic ring is 1. The molecule has 0 aliphatic heterocycles. The molecular formula is C21H28N4OS. The molecule has 1 aromatic carbocycles. The Balaban J connectivity index is 1.60. The first kappa shape index (κ1) is 19.7. The van der Waals surface area contributed by atoms with Crippen molar-refractivity contribution in [2.24, 2.45) is 0 Å². The first-order chi connectivity index (χ1) is 13.2. The van der Waals surface area contributed by atoms with Gasteiger partial charge in [-0.25, -0.2) is 9.97 Å². The van der Waals surface area contributed by atoms with Crippen LogP contribution in [0.4, 0.5) is 5.82 Å². The number of nitrogens with zero attached hydrogens (tertiary/aromatic N) is 3. The third-order valence-electron chi connectivity index (χ3n) is 4.63. The summed E-state index contributed by atoms with van der Waals surface area (Å²) in [5.41, 5.74) is 9.12. The molecule has 0 aliphatic rings. The van der Waals surface area contributed by atoms with E-state index in [1.807, 2.05) is 18.0 Å². The zero-order chi connectivity index (χ0) is 19.1. The van der Waals surface area contributed by atoms with Crippen molar-refractivity contribution in [3.05, 3.63) is 47.9 Å². The van der Waals surface area contributed by atoms with Crippen molar-refractivity contribution < 1.29 is 4.74 Å². The van der Waals surface area contributed by atoms with Crippen LogP contribution in [0, 0.1) is 6.92 Å². The molecule has 2 N–H and O–H groups in total. The molecular weight excluding hydrogens is 356 g/mol. The number of thioether (sulfide) groups is 1. The molecule has 5 nitrogen and oxygen atoms in total. The summed E-state index contributed by atoms with van der Waals surface area (Å²) in [6.07, 6.45) is 6.16. The Morgan fingerprint density at radius 3 is 2.74 bits per heavy atom. The van der Waals surface area contributed by atoms with E-state index in [-0.39, 0.29) is 0 Å². The standard InChI is InChI=1S/C21H28N4OS/c1-16-15-23-21(22)19-20(16)25(18(24-19)11-13-26-2)12-7-4-8-14-27-17-9-5-3-6-10-17/h3,5-6,9-10,15H,4,7-8,11-14H2,1-2H3,(H2,22,23). The van der Waals surface area contributed by atoms with Gasteiger partial charge in [0.1, 0.15) is 11.3 Å². The molecule has 6 heteroatoms. The van der Waals surface area contributed by atoms with Gasteiger partial charge < -0.3 is 15.0 Å². The van der Waals surface area contributed by atoms with E-state index in [2.05, 4.69) is 46.8 Å². The molecule has 0 spiro atoms. The smallest absolute Gasteiger partial charge is 0.151 e. The Bertz CT molecular complexity index is 863. The maximum atomic E-state index is 6.06. The minimum atomic E-state index is 0.507. The number of rotatable bonds is 10. The number of aryl methyl sites for hydroxylation is 2. The lowest BCUT2D eigenvalue weighted by molar-refractivity contribution is 0.199. The van der Waals surface area contributed by atoms with Gasteiger partial charge in [-0.3, -0.25) is 0 Å². The van der Waals surface area contributed by atoms with Crippen LogP contribution in [0.5, 0.6) is 0 Å². The molecule has 27 heavy (non-hydrogen) atoms. The first-order valence-corrected chi connectivity index (χ1v) is 10.5. The number of imidazole rings is 1. The van der Waals surface area contributed by atoms with Gasteiger partial charge in [0.05, 0.1) is 12.1 Å². The van der Waals surface area contributed by atoms with Crippen LogP contribution >= 0.6 is 11.8 Å². The Kier molecular flexibility index (Phi) is 7.12. The average molecular weight is 385 g/mol. The van der Waals surface area contributed by atoms with Crippen LogP contribution in [0.15, 0.2) is 41.4 Å². The van der Waals surface area contributed by atoms with Crippen LogP contribution in [-0.2, 0) is 17.7 Å². The fourth-order valence-electron chi connectivity index (χ4n) is 3.25. The Hall–Kier alpha value is -2.05. The summed E-state index contributed by atoms with van der Waals surface area (Å²) >= 11 is 1.93. The fraction of sp³-hybridized carbons (Fsp3) is 0.429. The van der Waals surface area contributed by atoms with Crippen LogP contribution < -0.4 is 5.73 Å². The van der Waals surface area contributed by atoms with Crippen LogP contribution in [0.25, 0.3) is 11.0 Å². The summed E-state index contributed by atoms with van der Waals surface area (Å²) in [5, 5.41) is 0. The van der Waals surface area contributed by atoms with Gasteiger partial charge in [-0.1, -0.05) is 24.6 Å². The highest BCUT2D eigenvalue weighted by atomic mass is 32.2. The number of pyridine rings is 1. The van der Waals surface area contributed by atoms with Gasteiger partial charge in [-0.05, 0) is 43.2 Å². The molecule has 3 aromatic rings. The summed E-state index contributed by atoms with van der Waals surface area (Å²) in [6.45, 7) is 3.68. The van der Waals surface area contributed by atoms with E-state index >= 15 is 0 Å². The average Bonchev–Trinajstić information content (AvgIpc) is 3.06. The largest absolute Gasteiger partial charge is 0.384 e. The fourth-order valence-corrected chi connectivity index (χ4v) is 4.18. The minimum absolute atomic E-state index is 0.507. The number of unbranched alkanes of at least 4 members (excludes halogenated alkanes) is 2. The number of hydrogen-bond donors (Lipinski definition) is 1. The molecule has 0 fully saturated rings. The molecule has 3 rings (SSSR count). The molecule has 0 amide bonds. The number of aromatic nitrogens is 3. The molecule has 0 saturated heterocycles. The number of methoxy groups -OCH3 is 1. The van der Waals surface area contributed by atoms with Gasteiger partial charge in [0.25, 0.3) is 0 Å². The predicted molar refractivity (Wildman–Crippen MR) is 113 cm³/mol. The molecule has 0 radical (unpaired) electrons. The van der Waals surface area contributed by atoms with Gasteiger partial charge in [-0.2, -0.15) is 0 Å². The normalized spacial score (nSPS) is 11.3. The Morgan fingerprint density at radius 2 is 1.96 bits per heavy atom. The van der Waals surface area contributed by atoms with Crippen molar-refractivity contribution in [3.63, 3.8) is 0 Å². The second-order valence-corrected chi connectivity index (χ2v) is 7.84. The number of anilines is 1. The van der Waals surface area contributed by atoms with E-state index in [0.29, 0.717) is 12.4 Å². The first-order valence-electron chi connectivity index (χ1n) is 9.47. The van der Waals surface area contributed by atoms with Crippen molar-refractivity contribution >= 4 is 28.6 Å². The van der Waals surface area contributed by atoms with E-state index in [4.69, 9.17) is 15.5 Å². The van der Waals surface area contributed by atoms with Gasteiger partial charge >= 0.3 is 0 Å². The maximum Gasteiger partial charge on any atom is 0.151 e. The lowest BCUT2D eigenvalue weighted by Crippen LogP contribution is -2.08. The lowest BCUT2D eigenvalue weighted by Gasteiger charge is -2.10. The summed E-state index contributed by atoms with van der Waals surface area (Å²) < 4.78 is 7.57. The van der Waals surface area contributed by atoms with E-state index in [0.717, 1.165) is 47.6 Å². The topological polar surface area (TPSA) is 66.0 Å². The predicted octanol–water partition coefficient (Wildman–Crippen LogP) is 4.47. The van der Waals surface area contributed by atoms with E-state index < -0.39 is 0 Å². The van der Waals surface area contributed by atoms with Crippen LogP contribution in [-0.4, -0.2) is 34.0 Å². The summed E-state index contributed by atoms with van der Waals surface area (Å²) in [7, 11) is 1.72. The number of hydrogen-bond acceptors (Lipinski definition) is 5. The van der Waals surface area contributed by atoms with Crippen molar-refractivity contribution in [1.29, 1.82) is 0 Å². The summed E-state index contributed by atoms with van der Waals surface area (Å²) in [4.78, 5) is 10.4. The second kappa shape index (κ2) is 9.76. The molecule has 2 heterocycles. The van der Waals surface area contributed by atoms with Crippen LogP contribution in [0.2, 0.25) is 0 Å². The molecule has 0 bridgehead atoms. The van der Waals surface area contributed by atoms with Crippen molar-refractivity contribution in [1.82, 2.24) is 14.5 Å². The maximum absolute atomic E-state index is 6.06. The highest BCUT2D eigenvalue weighted by Crippen LogP contribution is 2.25. The molecule has 2 aromatic heterocycles. The van der Waals surface area contributed by atoms with Crippen molar-refractivity contribution in [2.45, 2.75) is 44.0 Å². The number of benzene rings is 1. The zero-order valence-corrected chi connectivity index (χ0v) is 17.0. The number of ether oxygens (including phenoxy) is 1. The Morgan fingerprint density at radius 1 is 1.15 bits per heavy atom. The quantitative estimate of drug-likeness (QED) is 0.412. The monoisotopic (exact) mass is 384 g/mol. The lowest BCUT2D eigenvalue weighted by atomic mass is 10.2. The van der Waals surface area contributed by atoms with Gasteiger partial charge in [0.2, 0.25) is 0 Å². The summed E-state index contributed by atoms with van der Waals surface area (Å²) in [6, 6.07) is 10.6. The van der Waals surface area contributed by atoms with Crippen molar-refractivity contribution in [3.8, 4) is 0 Å². The minimum Gasteiger partial charge on any atom is -0.384 e. The van der Waals surface area contributed by atoms with E-state index in [1.165, 1.54) is 17.7 Å². The molecule has 0 aliphatic carbocycles. The SMILES string of the molecule is COCCc1nc2c(N)ncc(C)c2n1CCCCCSc1ccccc1. The van der Waals surface area contributed by atoms with Crippen molar-refractivity contribution in [2.75, 3.05) is 25.2 Å². The van der Waals surface area contributed by atoms with Gasteiger partial charge in [-0.15, -0.1) is 11.8 Å². The summed E-state index contributed by atoms with van der Waals surface area (Å²) in [5.74, 6) is 2.70.